The van der Waals surface area contributed by atoms with Crippen molar-refractivity contribution in [1.29, 1.82) is 0 Å². The van der Waals surface area contributed by atoms with Crippen molar-refractivity contribution in [1.82, 2.24) is 29.7 Å². The summed E-state index contributed by atoms with van der Waals surface area (Å²) in [6, 6.07) is 37.4. The third-order valence-corrected chi connectivity index (χ3v) is 11.0. The van der Waals surface area contributed by atoms with Crippen LogP contribution in [-0.2, 0) is 16.1 Å². The van der Waals surface area contributed by atoms with E-state index in [0.29, 0.717) is 13.1 Å². The predicted octanol–water partition coefficient (Wildman–Crippen LogP) is 11.0. The molecule has 5 aromatic carbocycles. The number of ether oxygens (including phenoxy) is 2. The molecular formula is C47H46N6O4. The van der Waals surface area contributed by atoms with Crippen molar-refractivity contribution < 1.29 is 19.1 Å². The average Bonchev–Trinajstić information content (AvgIpc) is 4.05. The molecule has 2 aliphatic heterocycles. The van der Waals surface area contributed by atoms with Crippen molar-refractivity contribution in [3.05, 3.63) is 133 Å². The van der Waals surface area contributed by atoms with E-state index in [0.717, 1.165) is 98.2 Å². The Balaban J connectivity index is 0.872. The van der Waals surface area contributed by atoms with Crippen molar-refractivity contribution in [2.75, 3.05) is 13.1 Å². The Kier molecular flexibility index (Phi) is 9.48. The number of nitrogens with zero attached hydrogens (tertiary/aromatic N) is 4. The van der Waals surface area contributed by atoms with Crippen LogP contribution in [0.3, 0.4) is 0 Å². The summed E-state index contributed by atoms with van der Waals surface area (Å²) in [7, 11) is 0. The number of rotatable bonds is 7. The molecule has 0 aliphatic carbocycles. The van der Waals surface area contributed by atoms with Crippen LogP contribution < -0.4 is 0 Å². The van der Waals surface area contributed by atoms with E-state index in [2.05, 4.69) is 82.8 Å². The van der Waals surface area contributed by atoms with Crippen molar-refractivity contribution in [3.8, 4) is 33.5 Å². The lowest BCUT2D eigenvalue weighted by Crippen LogP contribution is -2.36. The molecule has 0 bridgehead atoms. The van der Waals surface area contributed by atoms with Gasteiger partial charge in [0.2, 0.25) is 0 Å². The number of benzene rings is 5. The highest BCUT2D eigenvalue weighted by Gasteiger charge is 2.35. The first-order valence-corrected chi connectivity index (χ1v) is 19.8. The lowest BCUT2D eigenvalue weighted by Gasteiger charge is -2.27. The Labute approximate surface area is 331 Å². The summed E-state index contributed by atoms with van der Waals surface area (Å²) in [6.45, 7) is 7.24. The summed E-state index contributed by atoms with van der Waals surface area (Å²) in [5.74, 6) is 1.58. The molecule has 2 amide bonds. The molecule has 288 valence electrons. The van der Waals surface area contributed by atoms with Crippen LogP contribution in [0.15, 0.2) is 115 Å². The molecule has 10 nitrogen and oxygen atoms in total. The molecule has 2 fully saturated rings. The first-order valence-electron chi connectivity index (χ1n) is 19.8. The van der Waals surface area contributed by atoms with Gasteiger partial charge in [-0.05, 0) is 115 Å². The minimum absolute atomic E-state index is 0.127. The molecule has 0 saturated carbocycles. The smallest absolute Gasteiger partial charge is 0.410 e. The standard InChI is InChI=1S/C47H46N6O4/c1-47(2,3)57-46(55)53-24-8-12-42(53)44-49-38-22-21-37(27-39(38)50-44)36-20-19-34-25-33(17-18-35(34)26-36)31-13-15-32(16-14-31)40-28-48-43(51-40)41-11-7-23-52(41)45(54)56-29-30-9-5-4-6-10-30/h4-6,9-10,13-22,25-28,41-42H,7-8,11-12,23-24,29H2,1-3H3,(H,48,51)(H,49,50)/t41-,42-/m0/s1. The van der Waals surface area contributed by atoms with Crippen LogP contribution in [0.1, 0.15) is 75.8 Å². The zero-order valence-electron chi connectivity index (χ0n) is 32.5. The summed E-state index contributed by atoms with van der Waals surface area (Å²) in [6.07, 6.45) is 4.76. The number of carbonyl (C=O) groups is 2. The molecule has 9 rings (SSSR count). The third-order valence-electron chi connectivity index (χ3n) is 11.0. The van der Waals surface area contributed by atoms with E-state index in [-0.39, 0.29) is 30.9 Å². The first kappa shape index (κ1) is 36.2. The van der Waals surface area contributed by atoms with Crippen LogP contribution in [0.5, 0.6) is 0 Å². The Bertz CT molecular complexity index is 2570. The second kappa shape index (κ2) is 14.9. The zero-order chi connectivity index (χ0) is 39.1. The van der Waals surface area contributed by atoms with Gasteiger partial charge in [-0.15, -0.1) is 0 Å². The van der Waals surface area contributed by atoms with Crippen LogP contribution >= 0.6 is 0 Å². The third kappa shape index (κ3) is 7.59. The molecule has 0 radical (unpaired) electrons. The maximum Gasteiger partial charge on any atom is 0.410 e. The Hall–Kier alpha value is -6.42. The van der Waals surface area contributed by atoms with E-state index in [1.165, 1.54) is 0 Å². The van der Waals surface area contributed by atoms with Crippen LogP contribution in [0, 0.1) is 0 Å². The van der Waals surface area contributed by atoms with E-state index in [4.69, 9.17) is 19.4 Å². The molecule has 0 unspecified atom stereocenters. The number of imidazole rings is 2. The molecule has 10 heteroatoms. The first-order chi connectivity index (χ1) is 27.6. The number of carbonyl (C=O) groups excluding carboxylic acids is 2. The van der Waals surface area contributed by atoms with E-state index < -0.39 is 5.60 Å². The summed E-state index contributed by atoms with van der Waals surface area (Å²) >= 11 is 0. The summed E-state index contributed by atoms with van der Waals surface area (Å²) in [4.78, 5) is 46.1. The normalized spacial score (nSPS) is 17.1. The van der Waals surface area contributed by atoms with Crippen LogP contribution in [0.2, 0.25) is 0 Å². The van der Waals surface area contributed by atoms with Gasteiger partial charge in [-0.1, -0.05) is 84.9 Å². The zero-order valence-corrected chi connectivity index (χ0v) is 32.5. The SMILES string of the molecule is CC(C)(C)OC(=O)N1CCC[C@H]1c1nc2ccc(-c3ccc4cc(-c5ccc(-c6cnc([C@@H]7CCCN7C(=O)OCc7ccccc7)[nH]6)cc5)ccc4c3)cc2[nH]1. The Morgan fingerprint density at radius 3 is 1.98 bits per heavy atom. The predicted molar refractivity (Wildman–Crippen MR) is 222 cm³/mol. The van der Waals surface area contributed by atoms with Gasteiger partial charge in [0.25, 0.3) is 0 Å². The monoisotopic (exact) mass is 758 g/mol. The minimum atomic E-state index is -0.545. The van der Waals surface area contributed by atoms with E-state index in [1.807, 2.05) is 63.4 Å². The molecule has 2 aromatic heterocycles. The van der Waals surface area contributed by atoms with Gasteiger partial charge in [-0.2, -0.15) is 0 Å². The van der Waals surface area contributed by atoms with E-state index >= 15 is 0 Å². The number of fused-ring (bicyclic) bond motifs is 2. The molecule has 2 aliphatic rings. The molecule has 2 atom stereocenters. The number of nitrogens with one attached hydrogen (secondary N) is 2. The van der Waals surface area contributed by atoms with Gasteiger partial charge in [0, 0.05) is 13.1 Å². The van der Waals surface area contributed by atoms with E-state index in [1.54, 1.807) is 9.80 Å². The quantitative estimate of drug-likeness (QED) is 0.167. The lowest BCUT2D eigenvalue weighted by atomic mass is 9.97. The van der Waals surface area contributed by atoms with Gasteiger partial charge in [-0.25, -0.2) is 19.6 Å². The maximum atomic E-state index is 13.0. The van der Waals surface area contributed by atoms with Crippen LogP contribution in [0.25, 0.3) is 55.3 Å². The minimum Gasteiger partial charge on any atom is -0.445 e. The average molecular weight is 759 g/mol. The van der Waals surface area contributed by atoms with Crippen LogP contribution in [0.4, 0.5) is 9.59 Å². The van der Waals surface area contributed by atoms with Crippen molar-refractivity contribution >= 4 is 34.0 Å². The number of likely N-dealkylation sites (tertiary alicyclic amines) is 2. The number of amides is 2. The highest BCUT2D eigenvalue weighted by Crippen LogP contribution is 2.36. The fraction of sp³-hybridized carbons (Fsp3) is 0.277. The van der Waals surface area contributed by atoms with Gasteiger partial charge in [-0.3, -0.25) is 9.80 Å². The number of H-pyrrole nitrogens is 2. The molecule has 4 heterocycles. The van der Waals surface area contributed by atoms with Crippen molar-refractivity contribution in [2.24, 2.45) is 0 Å². The topological polar surface area (TPSA) is 116 Å². The van der Waals surface area contributed by atoms with E-state index in [9.17, 15) is 9.59 Å². The second-order valence-corrected chi connectivity index (χ2v) is 16.1. The van der Waals surface area contributed by atoms with Gasteiger partial charge in [0.1, 0.15) is 23.9 Å². The molecule has 2 N–H and O–H groups in total. The Morgan fingerprint density at radius 2 is 1.28 bits per heavy atom. The second-order valence-electron chi connectivity index (χ2n) is 16.1. The fourth-order valence-corrected chi connectivity index (χ4v) is 8.13. The summed E-state index contributed by atoms with van der Waals surface area (Å²) in [5, 5.41) is 2.32. The van der Waals surface area contributed by atoms with Crippen LogP contribution in [-0.4, -0.2) is 60.6 Å². The largest absolute Gasteiger partial charge is 0.445 e. The van der Waals surface area contributed by atoms with Gasteiger partial charge >= 0.3 is 12.2 Å². The van der Waals surface area contributed by atoms with Gasteiger partial charge in [0.15, 0.2) is 0 Å². The lowest BCUT2D eigenvalue weighted by molar-refractivity contribution is 0.0218. The molecule has 2 saturated heterocycles. The molecular weight excluding hydrogens is 713 g/mol. The summed E-state index contributed by atoms with van der Waals surface area (Å²) < 4.78 is 11.3. The van der Waals surface area contributed by atoms with Crippen molar-refractivity contribution in [2.45, 2.75) is 70.7 Å². The van der Waals surface area contributed by atoms with Crippen molar-refractivity contribution in [3.63, 3.8) is 0 Å². The molecule has 7 aromatic rings. The van der Waals surface area contributed by atoms with Gasteiger partial charge < -0.3 is 19.4 Å². The molecule has 57 heavy (non-hydrogen) atoms. The summed E-state index contributed by atoms with van der Waals surface area (Å²) in [5.41, 5.74) is 8.68. The van der Waals surface area contributed by atoms with Gasteiger partial charge in [0.05, 0.1) is 35.0 Å². The number of aromatic nitrogens is 4. The molecule has 0 spiro atoms. The number of hydrogen-bond acceptors (Lipinski definition) is 6. The number of aromatic amines is 2. The maximum absolute atomic E-state index is 13.0. The highest BCUT2D eigenvalue weighted by molar-refractivity contribution is 5.92. The fourth-order valence-electron chi connectivity index (χ4n) is 8.13. The Morgan fingerprint density at radius 1 is 0.684 bits per heavy atom. The highest BCUT2D eigenvalue weighted by atomic mass is 16.6. The number of hydrogen-bond donors (Lipinski definition) is 2.